The zero-order chi connectivity index (χ0) is 11.4. The lowest BCUT2D eigenvalue weighted by molar-refractivity contribution is -0.147. The van der Waals surface area contributed by atoms with E-state index in [1.54, 1.807) is 0 Å². The number of nitrogens with one attached hydrogen (secondary N) is 1. The largest absolute Gasteiger partial charge is 0.481 e. The topological polar surface area (TPSA) is 58.6 Å². The van der Waals surface area contributed by atoms with Gasteiger partial charge in [0.2, 0.25) is 0 Å². The summed E-state index contributed by atoms with van der Waals surface area (Å²) in [6.45, 7) is 1.63. The highest BCUT2D eigenvalue weighted by atomic mass is 16.5. The summed E-state index contributed by atoms with van der Waals surface area (Å²) in [6.07, 6.45) is 0.111. The fourth-order valence-corrected chi connectivity index (χ4v) is 1.79. The van der Waals surface area contributed by atoms with Gasteiger partial charge in [-0.15, -0.1) is 0 Å². The van der Waals surface area contributed by atoms with Crippen molar-refractivity contribution >= 4 is 5.97 Å². The highest BCUT2D eigenvalue weighted by Crippen LogP contribution is 2.21. The Bertz CT molecular complexity index is 360. The third kappa shape index (κ3) is 2.59. The van der Waals surface area contributed by atoms with Crippen molar-refractivity contribution in [3.8, 4) is 0 Å². The van der Waals surface area contributed by atoms with Crippen LogP contribution in [0.2, 0.25) is 0 Å². The van der Waals surface area contributed by atoms with E-state index in [1.807, 2.05) is 30.3 Å². The van der Waals surface area contributed by atoms with Gasteiger partial charge in [0.25, 0.3) is 0 Å². The van der Waals surface area contributed by atoms with Gasteiger partial charge in [0.15, 0.2) is 0 Å². The van der Waals surface area contributed by atoms with Gasteiger partial charge in [-0.05, 0) is 5.56 Å². The quantitative estimate of drug-likeness (QED) is 0.779. The molecule has 86 valence electrons. The highest BCUT2D eigenvalue weighted by Gasteiger charge is 2.40. The molecule has 0 amide bonds. The lowest BCUT2D eigenvalue weighted by Gasteiger charge is -2.41. The summed E-state index contributed by atoms with van der Waals surface area (Å²) in [5.74, 6) is -0.788. The minimum Gasteiger partial charge on any atom is -0.481 e. The van der Waals surface area contributed by atoms with Crippen LogP contribution in [-0.4, -0.2) is 29.8 Å². The van der Waals surface area contributed by atoms with Crippen molar-refractivity contribution in [2.45, 2.75) is 18.5 Å². The molecule has 1 aliphatic heterocycles. The van der Waals surface area contributed by atoms with Crippen LogP contribution < -0.4 is 5.32 Å². The molecule has 2 N–H and O–H groups in total. The summed E-state index contributed by atoms with van der Waals surface area (Å²) in [4.78, 5) is 10.7. The minimum atomic E-state index is -0.788. The fraction of sp³-hybridized carbons (Fsp3) is 0.417. The maximum Gasteiger partial charge on any atom is 0.305 e. The van der Waals surface area contributed by atoms with Gasteiger partial charge in [0.1, 0.15) is 0 Å². The lowest BCUT2D eigenvalue weighted by Crippen LogP contribution is -2.61. The summed E-state index contributed by atoms with van der Waals surface area (Å²) in [5, 5.41) is 12.1. The lowest BCUT2D eigenvalue weighted by atomic mass is 9.93. The molecule has 0 unspecified atom stereocenters. The summed E-state index contributed by atoms with van der Waals surface area (Å²) < 4.78 is 5.10. The van der Waals surface area contributed by atoms with Gasteiger partial charge in [0, 0.05) is 6.54 Å². The van der Waals surface area contributed by atoms with E-state index in [4.69, 9.17) is 9.84 Å². The highest BCUT2D eigenvalue weighted by molar-refractivity contribution is 5.68. The molecule has 0 aliphatic carbocycles. The molecule has 0 atom stereocenters. The molecule has 1 aliphatic rings. The van der Waals surface area contributed by atoms with Crippen LogP contribution in [0.1, 0.15) is 12.0 Å². The average Bonchev–Trinajstić information content (AvgIpc) is 2.23. The van der Waals surface area contributed by atoms with Crippen molar-refractivity contribution in [3.05, 3.63) is 35.9 Å². The third-order valence-corrected chi connectivity index (χ3v) is 2.76. The molecule has 16 heavy (non-hydrogen) atoms. The molecule has 1 heterocycles. The maximum atomic E-state index is 10.7. The minimum absolute atomic E-state index is 0.111. The number of aliphatic carboxylic acids is 1. The average molecular weight is 221 g/mol. The van der Waals surface area contributed by atoms with Crippen molar-refractivity contribution in [2.75, 3.05) is 13.2 Å². The Balaban J connectivity index is 1.90. The molecule has 4 nitrogen and oxygen atoms in total. The number of benzene rings is 1. The van der Waals surface area contributed by atoms with Gasteiger partial charge in [0.05, 0.1) is 25.2 Å². The van der Waals surface area contributed by atoms with Crippen LogP contribution in [0.5, 0.6) is 0 Å². The van der Waals surface area contributed by atoms with Crippen molar-refractivity contribution in [2.24, 2.45) is 0 Å². The first-order valence-electron chi connectivity index (χ1n) is 5.29. The molecule has 0 spiro atoms. The van der Waals surface area contributed by atoms with E-state index in [1.165, 1.54) is 0 Å². The molecular weight excluding hydrogens is 206 g/mol. The van der Waals surface area contributed by atoms with Gasteiger partial charge in [-0.1, -0.05) is 30.3 Å². The Morgan fingerprint density at radius 3 is 2.56 bits per heavy atom. The Kier molecular flexibility index (Phi) is 3.22. The van der Waals surface area contributed by atoms with Crippen LogP contribution in [0.3, 0.4) is 0 Å². The Morgan fingerprint density at radius 1 is 1.38 bits per heavy atom. The van der Waals surface area contributed by atoms with Gasteiger partial charge in [-0.3, -0.25) is 4.79 Å². The van der Waals surface area contributed by atoms with E-state index in [2.05, 4.69) is 5.32 Å². The van der Waals surface area contributed by atoms with Crippen LogP contribution >= 0.6 is 0 Å². The zero-order valence-corrected chi connectivity index (χ0v) is 8.98. The number of hydrogen-bond donors (Lipinski definition) is 2. The number of carboxylic acid groups (broad SMARTS) is 1. The van der Waals surface area contributed by atoms with Crippen LogP contribution in [0.4, 0.5) is 0 Å². The number of hydrogen-bond acceptors (Lipinski definition) is 3. The Labute approximate surface area is 94.2 Å². The first-order valence-corrected chi connectivity index (χ1v) is 5.29. The maximum absolute atomic E-state index is 10.7. The van der Waals surface area contributed by atoms with Crippen molar-refractivity contribution in [3.63, 3.8) is 0 Å². The normalized spacial score (nSPS) is 17.8. The van der Waals surface area contributed by atoms with Gasteiger partial charge >= 0.3 is 5.97 Å². The zero-order valence-electron chi connectivity index (χ0n) is 8.98. The predicted molar refractivity (Wildman–Crippen MR) is 59.1 cm³/mol. The second-order valence-electron chi connectivity index (χ2n) is 4.18. The monoisotopic (exact) mass is 221 g/mol. The van der Waals surface area contributed by atoms with E-state index >= 15 is 0 Å². The molecule has 1 aromatic carbocycles. The number of ether oxygens (including phenoxy) is 1. The summed E-state index contributed by atoms with van der Waals surface area (Å²) in [7, 11) is 0. The second kappa shape index (κ2) is 4.63. The van der Waals surface area contributed by atoms with Gasteiger partial charge < -0.3 is 15.2 Å². The Hall–Kier alpha value is -1.39. The first kappa shape index (κ1) is 11.1. The van der Waals surface area contributed by atoms with E-state index < -0.39 is 5.97 Å². The van der Waals surface area contributed by atoms with Crippen molar-refractivity contribution < 1.29 is 14.6 Å². The number of rotatable bonds is 5. The molecule has 0 aromatic heterocycles. The SMILES string of the molecule is O=C(O)CC1(NCc2ccccc2)COC1. The van der Waals surface area contributed by atoms with E-state index in [-0.39, 0.29) is 12.0 Å². The van der Waals surface area contributed by atoms with E-state index in [9.17, 15) is 4.79 Å². The van der Waals surface area contributed by atoms with Crippen LogP contribution in [-0.2, 0) is 16.1 Å². The molecule has 1 saturated heterocycles. The molecule has 4 heteroatoms. The Morgan fingerprint density at radius 2 is 2.06 bits per heavy atom. The second-order valence-corrected chi connectivity index (χ2v) is 4.18. The van der Waals surface area contributed by atoms with Crippen molar-refractivity contribution in [1.29, 1.82) is 0 Å². The predicted octanol–water partition coefficient (Wildman–Crippen LogP) is 1.02. The van der Waals surface area contributed by atoms with Crippen LogP contribution in [0, 0.1) is 0 Å². The molecule has 0 saturated carbocycles. The molecule has 0 radical (unpaired) electrons. The molecular formula is C12H15NO3. The molecule has 0 bridgehead atoms. The third-order valence-electron chi connectivity index (χ3n) is 2.76. The summed E-state index contributed by atoms with van der Waals surface area (Å²) in [6, 6.07) is 9.93. The number of carbonyl (C=O) groups is 1. The molecule has 1 aromatic rings. The fourth-order valence-electron chi connectivity index (χ4n) is 1.79. The summed E-state index contributed by atoms with van der Waals surface area (Å²) in [5.41, 5.74) is 0.779. The van der Waals surface area contributed by atoms with Crippen molar-refractivity contribution in [1.82, 2.24) is 5.32 Å². The van der Waals surface area contributed by atoms with Crippen LogP contribution in [0.15, 0.2) is 30.3 Å². The summed E-state index contributed by atoms with van der Waals surface area (Å²) >= 11 is 0. The van der Waals surface area contributed by atoms with E-state index in [0.29, 0.717) is 19.8 Å². The smallest absolute Gasteiger partial charge is 0.305 e. The van der Waals surface area contributed by atoms with Crippen LogP contribution in [0.25, 0.3) is 0 Å². The van der Waals surface area contributed by atoms with E-state index in [0.717, 1.165) is 5.56 Å². The first-order chi connectivity index (χ1) is 7.70. The molecule has 1 fully saturated rings. The number of carboxylic acids is 1. The standard InChI is InChI=1S/C12H15NO3/c14-11(15)6-12(8-16-9-12)13-7-10-4-2-1-3-5-10/h1-5,13H,6-9H2,(H,14,15). The van der Waals surface area contributed by atoms with Gasteiger partial charge in [-0.2, -0.15) is 0 Å². The van der Waals surface area contributed by atoms with Gasteiger partial charge in [-0.25, -0.2) is 0 Å². The molecule has 2 rings (SSSR count).